The highest BCUT2D eigenvalue weighted by molar-refractivity contribution is 5.78. The number of ether oxygens (including phenoxy) is 1. The lowest BCUT2D eigenvalue weighted by Crippen LogP contribution is -2.64. The van der Waals surface area contributed by atoms with E-state index in [0.29, 0.717) is 30.1 Å². The average molecular weight is 265 g/mol. The van der Waals surface area contributed by atoms with Crippen LogP contribution in [0.4, 0.5) is 0 Å². The summed E-state index contributed by atoms with van der Waals surface area (Å²) in [5, 5.41) is 3.40. The second-order valence-corrected chi connectivity index (χ2v) is 7.00. The normalized spacial score (nSPS) is 38.6. The van der Waals surface area contributed by atoms with E-state index in [1.54, 1.807) is 0 Å². The van der Waals surface area contributed by atoms with E-state index in [0.717, 1.165) is 6.61 Å². The van der Waals surface area contributed by atoms with E-state index in [4.69, 9.17) is 15.5 Å². The monoisotopic (exact) mass is 265 g/mol. The van der Waals surface area contributed by atoms with E-state index >= 15 is 0 Å². The molecule has 0 aromatic carbocycles. The summed E-state index contributed by atoms with van der Waals surface area (Å²) in [6, 6.07) is 0.872. The number of hydrogen-bond acceptors (Lipinski definition) is 2. The minimum Gasteiger partial charge on any atom is -0.377 e. The summed E-state index contributed by atoms with van der Waals surface area (Å²) in [6.07, 6.45) is 7.89. The highest BCUT2D eigenvalue weighted by atomic mass is 16.5. The van der Waals surface area contributed by atoms with Gasteiger partial charge in [-0.05, 0) is 25.7 Å². The number of fused-ring (bicyclic) bond motifs is 1. The molecule has 0 radical (unpaired) electrons. The maximum atomic E-state index is 6.10. The first-order chi connectivity index (χ1) is 9.09. The second-order valence-electron chi connectivity index (χ2n) is 7.00. The Hall–Kier alpha value is -0.770. The smallest absolute Gasteiger partial charge is 0.189 e. The van der Waals surface area contributed by atoms with Crippen molar-refractivity contribution >= 4 is 5.96 Å². The summed E-state index contributed by atoms with van der Waals surface area (Å²) in [5.74, 6) is 1.22. The van der Waals surface area contributed by atoms with Gasteiger partial charge in [0.1, 0.15) is 0 Å². The molecule has 1 heterocycles. The number of guanidine groups is 1. The average Bonchev–Trinajstić information content (AvgIpc) is 2.89. The summed E-state index contributed by atoms with van der Waals surface area (Å²) in [6.45, 7) is 5.43. The molecule has 0 aromatic heterocycles. The van der Waals surface area contributed by atoms with Crippen molar-refractivity contribution in [2.24, 2.45) is 22.1 Å². The molecule has 3 rings (SSSR count). The van der Waals surface area contributed by atoms with E-state index in [-0.39, 0.29) is 5.41 Å². The van der Waals surface area contributed by atoms with Crippen LogP contribution < -0.4 is 11.1 Å². The van der Waals surface area contributed by atoms with Crippen LogP contribution in [-0.2, 0) is 4.74 Å². The van der Waals surface area contributed by atoms with Gasteiger partial charge in [0.25, 0.3) is 0 Å². The molecular formula is C15H27N3O. The van der Waals surface area contributed by atoms with Crippen LogP contribution in [0.5, 0.6) is 0 Å². The molecule has 3 unspecified atom stereocenters. The standard InChI is InChI=1S/C15H27N3O/c1-15(2)12(11-8-5-9-19-13(11)15)18-14(16)17-10-6-3-4-7-10/h10-13H,3-9H2,1-2H3,(H3,16,17,18). The predicted molar refractivity (Wildman–Crippen MR) is 77.0 cm³/mol. The SMILES string of the molecule is CC1(C)C(N=C(N)NC2CCCC2)C2CCCOC21. The quantitative estimate of drug-likeness (QED) is 0.593. The maximum Gasteiger partial charge on any atom is 0.189 e. The third-order valence-corrected chi connectivity index (χ3v) is 5.25. The van der Waals surface area contributed by atoms with Crippen LogP contribution in [0.2, 0.25) is 0 Å². The molecule has 0 amide bonds. The molecule has 3 aliphatic rings. The Kier molecular flexibility index (Phi) is 3.46. The van der Waals surface area contributed by atoms with Crippen LogP contribution in [0.15, 0.2) is 4.99 Å². The zero-order valence-electron chi connectivity index (χ0n) is 12.2. The Bertz CT molecular complexity index is 360. The summed E-state index contributed by atoms with van der Waals surface area (Å²) >= 11 is 0. The molecule has 0 aromatic rings. The van der Waals surface area contributed by atoms with E-state index < -0.39 is 0 Å². The van der Waals surface area contributed by atoms with Gasteiger partial charge in [-0.2, -0.15) is 0 Å². The van der Waals surface area contributed by atoms with Crippen molar-refractivity contribution in [1.82, 2.24) is 5.32 Å². The van der Waals surface area contributed by atoms with Gasteiger partial charge < -0.3 is 15.8 Å². The predicted octanol–water partition coefficient (Wildman–Crippen LogP) is 2.04. The minimum atomic E-state index is 0.132. The first-order valence-corrected chi connectivity index (χ1v) is 7.80. The molecule has 3 atom stereocenters. The molecule has 1 saturated heterocycles. The van der Waals surface area contributed by atoms with Crippen LogP contribution in [0, 0.1) is 11.3 Å². The van der Waals surface area contributed by atoms with Crippen LogP contribution in [0.1, 0.15) is 52.4 Å². The third-order valence-electron chi connectivity index (χ3n) is 5.25. The molecule has 1 aliphatic heterocycles. The Labute approximate surface area is 116 Å². The Morgan fingerprint density at radius 3 is 2.68 bits per heavy atom. The number of hydrogen-bond donors (Lipinski definition) is 2. The topological polar surface area (TPSA) is 59.6 Å². The third kappa shape index (κ3) is 2.35. The highest BCUT2D eigenvalue weighted by Crippen LogP contribution is 2.52. The van der Waals surface area contributed by atoms with Gasteiger partial charge in [-0.3, -0.25) is 0 Å². The Morgan fingerprint density at radius 2 is 1.95 bits per heavy atom. The molecular weight excluding hydrogens is 238 g/mol. The molecule has 4 nitrogen and oxygen atoms in total. The summed E-state index contributed by atoms with van der Waals surface area (Å²) in [5.41, 5.74) is 6.24. The molecule has 4 heteroatoms. The fraction of sp³-hybridized carbons (Fsp3) is 0.933. The van der Waals surface area contributed by atoms with Gasteiger partial charge >= 0.3 is 0 Å². The lowest BCUT2D eigenvalue weighted by molar-refractivity contribution is -0.182. The van der Waals surface area contributed by atoms with Crippen molar-refractivity contribution in [1.29, 1.82) is 0 Å². The van der Waals surface area contributed by atoms with Crippen molar-refractivity contribution in [2.75, 3.05) is 6.61 Å². The zero-order chi connectivity index (χ0) is 13.5. The first kappa shape index (κ1) is 13.2. The molecule has 2 saturated carbocycles. The van der Waals surface area contributed by atoms with Crippen molar-refractivity contribution < 1.29 is 4.74 Å². The highest BCUT2D eigenvalue weighted by Gasteiger charge is 2.58. The van der Waals surface area contributed by atoms with E-state index in [1.807, 2.05) is 0 Å². The summed E-state index contributed by atoms with van der Waals surface area (Å²) < 4.78 is 5.91. The second kappa shape index (κ2) is 4.97. The Balaban J connectivity index is 1.64. The number of nitrogens with one attached hydrogen (secondary N) is 1. The van der Waals surface area contributed by atoms with Gasteiger partial charge in [0.05, 0.1) is 12.1 Å². The minimum absolute atomic E-state index is 0.132. The first-order valence-electron chi connectivity index (χ1n) is 7.80. The van der Waals surface area contributed by atoms with Crippen LogP contribution in [0.25, 0.3) is 0 Å². The lowest BCUT2D eigenvalue weighted by Gasteiger charge is -2.58. The van der Waals surface area contributed by atoms with Crippen LogP contribution >= 0.6 is 0 Å². The lowest BCUT2D eigenvalue weighted by atomic mass is 9.55. The van der Waals surface area contributed by atoms with Gasteiger partial charge in [-0.25, -0.2) is 4.99 Å². The summed E-state index contributed by atoms with van der Waals surface area (Å²) in [4.78, 5) is 4.79. The van der Waals surface area contributed by atoms with Gasteiger partial charge in [0.2, 0.25) is 0 Å². The number of aliphatic imine (C=N–C) groups is 1. The van der Waals surface area contributed by atoms with Crippen LogP contribution in [0.3, 0.4) is 0 Å². The van der Waals surface area contributed by atoms with Crippen molar-refractivity contribution in [3.63, 3.8) is 0 Å². The van der Waals surface area contributed by atoms with Crippen molar-refractivity contribution in [3.05, 3.63) is 0 Å². The maximum absolute atomic E-state index is 6.10. The van der Waals surface area contributed by atoms with E-state index in [1.165, 1.54) is 38.5 Å². The molecule has 3 N–H and O–H groups in total. The number of nitrogens with two attached hydrogens (primary N) is 1. The van der Waals surface area contributed by atoms with Gasteiger partial charge in [0, 0.05) is 24.0 Å². The van der Waals surface area contributed by atoms with Crippen molar-refractivity contribution in [3.8, 4) is 0 Å². The summed E-state index contributed by atoms with van der Waals surface area (Å²) in [7, 11) is 0. The van der Waals surface area contributed by atoms with Gasteiger partial charge in [-0.1, -0.05) is 26.7 Å². The molecule has 0 bridgehead atoms. The van der Waals surface area contributed by atoms with Crippen LogP contribution in [-0.4, -0.2) is 30.8 Å². The fourth-order valence-corrected chi connectivity index (χ4v) is 4.22. The van der Waals surface area contributed by atoms with Gasteiger partial charge in [-0.15, -0.1) is 0 Å². The van der Waals surface area contributed by atoms with Crippen molar-refractivity contribution in [2.45, 2.75) is 70.6 Å². The molecule has 3 fully saturated rings. The zero-order valence-corrected chi connectivity index (χ0v) is 12.2. The number of rotatable bonds is 2. The molecule has 19 heavy (non-hydrogen) atoms. The molecule has 2 aliphatic carbocycles. The molecule has 108 valence electrons. The van der Waals surface area contributed by atoms with E-state index in [2.05, 4.69) is 19.2 Å². The fourth-order valence-electron chi connectivity index (χ4n) is 4.22. The largest absolute Gasteiger partial charge is 0.377 e. The number of nitrogens with zero attached hydrogens (tertiary/aromatic N) is 1. The Morgan fingerprint density at radius 1 is 1.21 bits per heavy atom. The molecule has 0 spiro atoms. The van der Waals surface area contributed by atoms with Gasteiger partial charge in [0.15, 0.2) is 5.96 Å². The van der Waals surface area contributed by atoms with E-state index in [9.17, 15) is 0 Å².